The van der Waals surface area contributed by atoms with Crippen molar-refractivity contribution in [3.05, 3.63) is 35.9 Å². The largest absolute Gasteiger partial charge is 0.466 e. The van der Waals surface area contributed by atoms with Crippen LogP contribution in [0.1, 0.15) is 58.6 Å². The van der Waals surface area contributed by atoms with Crippen LogP contribution in [0.5, 0.6) is 0 Å². The van der Waals surface area contributed by atoms with Crippen LogP contribution in [0.4, 0.5) is 8.78 Å². The third-order valence-corrected chi connectivity index (χ3v) is 6.83. The molecule has 0 amide bonds. The average Bonchev–Trinajstić information content (AvgIpc) is 2.94. The van der Waals surface area contributed by atoms with E-state index in [0.717, 1.165) is 12.0 Å². The summed E-state index contributed by atoms with van der Waals surface area (Å²) in [4.78, 5) is 12.6. The molecule has 0 spiro atoms. The second-order valence-corrected chi connectivity index (χ2v) is 8.45. The van der Waals surface area contributed by atoms with E-state index < -0.39 is 23.3 Å². The SMILES string of the molecule is CCOC(=O)[C@@H]1C(F)(N[C@@H](C)c2ccccc2)CC1(F)C1CC[C@H](C)C1C. The molecule has 0 aromatic heterocycles. The molecule has 1 N–H and O–H groups in total. The molecular weight excluding hydrogens is 348 g/mol. The Kier molecular flexibility index (Phi) is 5.62. The Morgan fingerprint density at radius 2 is 1.93 bits per heavy atom. The number of alkyl halides is 2. The first kappa shape index (κ1) is 20.2. The van der Waals surface area contributed by atoms with Gasteiger partial charge in [-0.15, -0.1) is 0 Å². The van der Waals surface area contributed by atoms with Crippen molar-refractivity contribution in [2.45, 2.75) is 64.5 Å². The normalized spacial score (nSPS) is 39.6. The van der Waals surface area contributed by atoms with Gasteiger partial charge in [0.15, 0.2) is 5.79 Å². The zero-order valence-corrected chi connectivity index (χ0v) is 16.7. The number of ether oxygens (including phenoxy) is 1. The fourth-order valence-corrected chi connectivity index (χ4v) is 5.16. The summed E-state index contributed by atoms with van der Waals surface area (Å²) in [6.45, 7) is 7.73. The standard InChI is InChI=1S/C22H31F2NO2/c1-5-27-20(26)19-21(23,18-12-11-14(2)15(18)3)13-22(19,24)25-16(4)17-9-7-6-8-10-17/h6-10,14-16,18-19,25H,5,11-13H2,1-4H3/t14-,15?,16-,18?,19-,21?,22?/m0/s1. The van der Waals surface area contributed by atoms with E-state index in [1.165, 1.54) is 0 Å². The van der Waals surface area contributed by atoms with E-state index >= 15 is 8.78 Å². The maximum absolute atomic E-state index is 16.0. The number of halogens is 2. The molecule has 7 atom stereocenters. The van der Waals surface area contributed by atoms with Crippen molar-refractivity contribution in [2.75, 3.05) is 6.61 Å². The summed E-state index contributed by atoms with van der Waals surface area (Å²) in [7, 11) is 0. The van der Waals surface area contributed by atoms with E-state index in [2.05, 4.69) is 12.2 Å². The minimum atomic E-state index is -2.10. The first-order valence-electron chi connectivity index (χ1n) is 10.1. The number of rotatable bonds is 6. The van der Waals surface area contributed by atoms with E-state index in [4.69, 9.17) is 4.74 Å². The summed E-state index contributed by atoms with van der Waals surface area (Å²) in [6, 6.07) is 9.09. The Morgan fingerprint density at radius 1 is 1.26 bits per heavy atom. The molecule has 3 rings (SSSR count). The van der Waals surface area contributed by atoms with Crippen molar-refractivity contribution >= 4 is 5.97 Å². The van der Waals surface area contributed by atoms with Gasteiger partial charge in [-0.25, -0.2) is 8.78 Å². The Hall–Kier alpha value is -1.49. The Balaban J connectivity index is 1.84. The van der Waals surface area contributed by atoms with Crippen LogP contribution < -0.4 is 5.32 Å². The number of nitrogens with one attached hydrogen (secondary N) is 1. The molecule has 0 aliphatic heterocycles. The molecule has 0 radical (unpaired) electrons. The van der Waals surface area contributed by atoms with E-state index in [1.807, 2.05) is 44.2 Å². The van der Waals surface area contributed by atoms with Crippen LogP contribution in [0.2, 0.25) is 0 Å². The lowest BCUT2D eigenvalue weighted by Crippen LogP contribution is -2.73. The molecule has 0 heterocycles. The molecule has 0 bridgehead atoms. The smallest absolute Gasteiger partial charge is 0.316 e. The summed E-state index contributed by atoms with van der Waals surface area (Å²) in [5, 5.41) is 2.90. The van der Waals surface area contributed by atoms with Crippen molar-refractivity contribution in [3.8, 4) is 0 Å². The second-order valence-electron chi connectivity index (χ2n) is 8.45. The van der Waals surface area contributed by atoms with Crippen LogP contribution in [0.25, 0.3) is 0 Å². The summed E-state index contributed by atoms with van der Waals surface area (Å²) in [5.41, 5.74) is -0.953. The molecule has 2 fully saturated rings. The van der Waals surface area contributed by atoms with E-state index in [9.17, 15) is 4.79 Å². The highest BCUT2D eigenvalue weighted by Crippen LogP contribution is 2.61. The first-order valence-corrected chi connectivity index (χ1v) is 10.1. The number of carbonyl (C=O) groups excluding carboxylic acids is 1. The van der Waals surface area contributed by atoms with Gasteiger partial charge in [-0.3, -0.25) is 10.1 Å². The lowest BCUT2D eigenvalue weighted by molar-refractivity contribution is -0.225. The van der Waals surface area contributed by atoms with Gasteiger partial charge in [0.2, 0.25) is 0 Å². The van der Waals surface area contributed by atoms with Gasteiger partial charge in [-0.1, -0.05) is 50.6 Å². The number of benzene rings is 1. The first-order chi connectivity index (χ1) is 12.7. The van der Waals surface area contributed by atoms with Gasteiger partial charge in [0.05, 0.1) is 6.61 Å². The predicted molar refractivity (Wildman–Crippen MR) is 101 cm³/mol. The molecule has 1 aromatic carbocycles. The molecule has 1 aromatic rings. The van der Waals surface area contributed by atoms with Gasteiger partial charge in [-0.2, -0.15) is 0 Å². The molecule has 150 valence electrons. The van der Waals surface area contributed by atoms with Crippen molar-refractivity contribution in [1.82, 2.24) is 5.32 Å². The number of hydrogen-bond acceptors (Lipinski definition) is 3. The average molecular weight is 379 g/mol. The van der Waals surface area contributed by atoms with Crippen molar-refractivity contribution in [2.24, 2.45) is 23.7 Å². The van der Waals surface area contributed by atoms with Crippen molar-refractivity contribution < 1.29 is 18.3 Å². The Bertz CT molecular complexity index is 670. The summed E-state index contributed by atoms with van der Waals surface area (Å²) in [5.74, 6) is -4.08. The highest BCUT2D eigenvalue weighted by molar-refractivity contribution is 5.77. The number of esters is 1. The predicted octanol–water partition coefficient (Wildman–Crippen LogP) is 4.98. The maximum Gasteiger partial charge on any atom is 0.316 e. The summed E-state index contributed by atoms with van der Waals surface area (Å²) >= 11 is 0. The van der Waals surface area contributed by atoms with Gasteiger partial charge >= 0.3 is 5.97 Å². The zero-order chi connectivity index (χ0) is 19.8. The molecule has 2 aliphatic carbocycles. The molecule has 5 heteroatoms. The van der Waals surface area contributed by atoms with Crippen LogP contribution in [0.3, 0.4) is 0 Å². The number of carbonyl (C=O) groups is 1. The van der Waals surface area contributed by atoms with Gasteiger partial charge in [-0.05, 0) is 43.6 Å². The molecule has 4 unspecified atom stereocenters. The highest BCUT2D eigenvalue weighted by atomic mass is 19.2. The molecule has 2 aliphatic rings. The highest BCUT2D eigenvalue weighted by Gasteiger charge is 2.73. The topological polar surface area (TPSA) is 38.3 Å². The second kappa shape index (κ2) is 7.50. The van der Waals surface area contributed by atoms with Gasteiger partial charge in [0, 0.05) is 12.5 Å². The molecule has 27 heavy (non-hydrogen) atoms. The van der Waals surface area contributed by atoms with Gasteiger partial charge in [0.1, 0.15) is 11.6 Å². The van der Waals surface area contributed by atoms with E-state index in [0.29, 0.717) is 12.3 Å². The third-order valence-electron chi connectivity index (χ3n) is 6.83. The van der Waals surface area contributed by atoms with Crippen LogP contribution in [0.15, 0.2) is 30.3 Å². The maximum atomic E-state index is 16.0. The Labute approximate surface area is 160 Å². The lowest BCUT2D eigenvalue weighted by Gasteiger charge is -2.56. The van der Waals surface area contributed by atoms with Crippen LogP contribution in [-0.2, 0) is 9.53 Å². The van der Waals surface area contributed by atoms with Crippen molar-refractivity contribution in [1.29, 1.82) is 0 Å². The molecular formula is C22H31F2NO2. The van der Waals surface area contributed by atoms with E-state index in [1.54, 1.807) is 6.92 Å². The van der Waals surface area contributed by atoms with Gasteiger partial charge < -0.3 is 4.74 Å². The molecule has 2 saturated carbocycles. The van der Waals surface area contributed by atoms with Crippen LogP contribution in [0, 0.1) is 23.7 Å². The van der Waals surface area contributed by atoms with Gasteiger partial charge in [0.25, 0.3) is 0 Å². The van der Waals surface area contributed by atoms with Crippen LogP contribution in [-0.4, -0.2) is 24.0 Å². The minimum absolute atomic E-state index is 0.117. The zero-order valence-electron chi connectivity index (χ0n) is 16.7. The molecule has 3 nitrogen and oxygen atoms in total. The fourth-order valence-electron chi connectivity index (χ4n) is 5.16. The molecule has 0 saturated heterocycles. The third kappa shape index (κ3) is 3.51. The number of hydrogen-bond donors (Lipinski definition) is 1. The summed E-state index contributed by atoms with van der Waals surface area (Å²) < 4.78 is 36.9. The quantitative estimate of drug-likeness (QED) is 0.560. The Morgan fingerprint density at radius 3 is 2.48 bits per heavy atom. The van der Waals surface area contributed by atoms with Crippen molar-refractivity contribution in [3.63, 3.8) is 0 Å². The monoisotopic (exact) mass is 379 g/mol. The van der Waals surface area contributed by atoms with Crippen LogP contribution >= 0.6 is 0 Å². The minimum Gasteiger partial charge on any atom is -0.466 e. The summed E-state index contributed by atoms with van der Waals surface area (Å²) in [6.07, 6.45) is 1.31. The van der Waals surface area contributed by atoms with E-state index in [-0.39, 0.29) is 30.9 Å². The fraction of sp³-hybridized carbons (Fsp3) is 0.682. The lowest BCUT2D eigenvalue weighted by atomic mass is 9.56.